The zero-order valence-corrected chi connectivity index (χ0v) is 28.0. The van der Waals surface area contributed by atoms with Gasteiger partial charge >= 0.3 is 0 Å². The SMILES string of the molecule is CC12Cc3cccc4c3C(=C1N(c1cc(-c3ccccc3)cc(-c3ccccc3)n1)c1cc3ccccc3cc12)c1ccccc1C4(C)C. The van der Waals surface area contributed by atoms with Crippen molar-refractivity contribution in [1.29, 1.82) is 0 Å². The monoisotopic (exact) mass is 628 g/mol. The number of pyridine rings is 1. The van der Waals surface area contributed by atoms with E-state index in [1.165, 1.54) is 66.7 Å². The maximum atomic E-state index is 5.55. The smallest absolute Gasteiger partial charge is 0.138 e. The van der Waals surface area contributed by atoms with Crippen molar-refractivity contribution in [2.75, 3.05) is 4.90 Å². The molecular formula is C47H36N2. The van der Waals surface area contributed by atoms with Crippen LogP contribution in [0.3, 0.4) is 0 Å². The summed E-state index contributed by atoms with van der Waals surface area (Å²) >= 11 is 0. The molecule has 0 saturated carbocycles. The van der Waals surface area contributed by atoms with E-state index in [9.17, 15) is 0 Å². The van der Waals surface area contributed by atoms with Crippen LogP contribution in [0.25, 0.3) is 38.7 Å². The summed E-state index contributed by atoms with van der Waals surface area (Å²) in [7, 11) is 0. The molecule has 1 aromatic heterocycles. The summed E-state index contributed by atoms with van der Waals surface area (Å²) in [4.78, 5) is 8.09. The average molecular weight is 629 g/mol. The van der Waals surface area contributed by atoms with Gasteiger partial charge in [-0.1, -0.05) is 141 Å². The third-order valence-corrected chi connectivity index (χ3v) is 11.4. The van der Waals surface area contributed by atoms with Crippen LogP contribution in [0.5, 0.6) is 0 Å². The first-order valence-electron chi connectivity index (χ1n) is 17.4. The van der Waals surface area contributed by atoms with Gasteiger partial charge < -0.3 is 0 Å². The third kappa shape index (κ3) is 3.98. The van der Waals surface area contributed by atoms with Gasteiger partial charge in [0.1, 0.15) is 5.82 Å². The molecule has 7 aromatic rings. The number of anilines is 2. The number of hydrogen-bond donors (Lipinski definition) is 0. The highest BCUT2D eigenvalue weighted by Gasteiger charge is 2.52. The van der Waals surface area contributed by atoms with E-state index in [4.69, 9.17) is 4.98 Å². The van der Waals surface area contributed by atoms with Crippen LogP contribution in [-0.2, 0) is 17.3 Å². The molecule has 1 aliphatic heterocycles. The Morgan fingerprint density at radius 1 is 0.551 bits per heavy atom. The molecule has 0 spiro atoms. The summed E-state index contributed by atoms with van der Waals surface area (Å²) in [5.41, 5.74) is 16.3. The van der Waals surface area contributed by atoms with Gasteiger partial charge in [-0.3, -0.25) is 4.90 Å². The molecule has 0 fully saturated rings. The maximum absolute atomic E-state index is 5.55. The maximum Gasteiger partial charge on any atom is 0.138 e. The highest BCUT2D eigenvalue weighted by molar-refractivity contribution is 6.01. The molecule has 0 radical (unpaired) electrons. The fraction of sp³-hybridized carbons (Fsp3) is 0.128. The Morgan fingerprint density at radius 2 is 1.20 bits per heavy atom. The van der Waals surface area contributed by atoms with Crippen LogP contribution in [0.1, 0.15) is 54.2 Å². The number of nitrogens with zero attached hydrogens (tertiary/aromatic N) is 2. The molecule has 0 amide bonds. The van der Waals surface area contributed by atoms with Crippen LogP contribution in [0.2, 0.25) is 0 Å². The second-order valence-electron chi connectivity index (χ2n) is 14.6. The predicted molar refractivity (Wildman–Crippen MR) is 203 cm³/mol. The Kier molecular flexibility index (Phi) is 5.85. The van der Waals surface area contributed by atoms with Gasteiger partial charge in [0.05, 0.1) is 11.4 Å². The highest BCUT2D eigenvalue weighted by atomic mass is 15.2. The van der Waals surface area contributed by atoms with Crippen LogP contribution in [-0.4, -0.2) is 4.98 Å². The standard InChI is InChI=1S/C47H36N2/c1-46(2)37-23-13-12-22-36(37)44-43-34(21-14-24-38(43)46)29-47(3)39-25-32-19-10-11-20-33(32)27-41(39)49(45(44)47)42-28-35(30-15-6-4-7-16-30)26-40(48-42)31-17-8-5-9-18-31/h4-28H,29H2,1-3H3. The molecule has 0 bridgehead atoms. The van der Waals surface area contributed by atoms with E-state index < -0.39 is 0 Å². The van der Waals surface area contributed by atoms with Gasteiger partial charge in [-0.05, 0) is 92.9 Å². The molecule has 6 aromatic carbocycles. The van der Waals surface area contributed by atoms with Crippen molar-refractivity contribution in [3.63, 3.8) is 0 Å². The summed E-state index contributed by atoms with van der Waals surface area (Å²) in [6.45, 7) is 7.25. The minimum atomic E-state index is -0.272. The molecule has 2 nitrogen and oxygen atoms in total. The van der Waals surface area contributed by atoms with Gasteiger partial charge in [-0.25, -0.2) is 4.98 Å². The Labute approximate surface area is 288 Å². The number of allylic oxidation sites excluding steroid dienone is 1. The van der Waals surface area contributed by atoms with E-state index in [1.54, 1.807) is 0 Å². The van der Waals surface area contributed by atoms with Crippen molar-refractivity contribution < 1.29 is 0 Å². The number of rotatable bonds is 3. The van der Waals surface area contributed by atoms with Crippen molar-refractivity contribution >= 4 is 27.9 Å². The number of aromatic nitrogens is 1. The Morgan fingerprint density at radius 3 is 1.98 bits per heavy atom. The molecule has 0 saturated heterocycles. The van der Waals surface area contributed by atoms with Crippen molar-refractivity contribution in [3.8, 4) is 22.4 Å². The molecule has 10 rings (SSSR count). The first kappa shape index (κ1) is 28.3. The first-order valence-corrected chi connectivity index (χ1v) is 17.4. The minimum Gasteiger partial charge on any atom is -0.297 e. The Balaban J connectivity index is 1.35. The lowest BCUT2D eigenvalue weighted by Crippen LogP contribution is -2.37. The number of hydrogen-bond acceptors (Lipinski definition) is 2. The quantitative estimate of drug-likeness (QED) is 0.194. The summed E-state index contributed by atoms with van der Waals surface area (Å²) in [5.74, 6) is 0.950. The number of benzene rings is 6. The summed E-state index contributed by atoms with van der Waals surface area (Å²) in [6, 6.07) is 55.7. The van der Waals surface area contributed by atoms with Crippen molar-refractivity contribution in [2.45, 2.75) is 38.0 Å². The largest absolute Gasteiger partial charge is 0.297 e. The lowest BCUT2D eigenvalue weighted by molar-refractivity contribution is 0.553. The van der Waals surface area contributed by atoms with Gasteiger partial charge in [0.2, 0.25) is 0 Å². The molecule has 234 valence electrons. The fourth-order valence-electron chi connectivity index (χ4n) is 9.06. The van der Waals surface area contributed by atoms with Crippen LogP contribution in [0.15, 0.2) is 157 Å². The van der Waals surface area contributed by atoms with Gasteiger partial charge in [-0.15, -0.1) is 0 Å². The first-order chi connectivity index (χ1) is 23.9. The highest BCUT2D eigenvalue weighted by Crippen LogP contribution is 2.62. The lowest BCUT2D eigenvalue weighted by Gasteiger charge is -2.44. The average Bonchev–Trinajstić information content (AvgIpc) is 3.39. The van der Waals surface area contributed by atoms with Crippen LogP contribution < -0.4 is 4.90 Å². The molecule has 1 atom stereocenters. The Hall–Kier alpha value is -5.73. The molecule has 2 heterocycles. The van der Waals surface area contributed by atoms with E-state index in [-0.39, 0.29) is 10.8 Å². The van der Waals surface area contributed by atoms with Crippen LogP contribution in [0.4, 0.5) is 11.5 Å². The molecule has 1 unspecified atom stereocenters. The normalized spacial score (nSPS) is 18.1. The lowest BCUT2D eigenvalue weighted by atomic mass is 9.60. The second-order valence-corrected chi connectivity index (χ2v) is 14.6. The van der Waals surface area contributed by atoms with E-state index >= 15 is 0 Å². The van der Waals surface area contributed by atoms with E-state index in [0.29, 0.717) is 0 Å². The zero-order chi connectivity index (χ0) is 32.9. The fourth-order valence-corrected chi connectivity index (χ4v) is 9.06. The van der Waals surface area contributed by atoms with E-state index in [2.05, 4.69) is 177 Å². The van der Waals surface area contributed by atoms with Crippen LogP contribution >= 0.6 is 0 Å². The molecule has 2 aliphatic carbocycles. The Bertz CT molecular complexity index is 2450. The molecule has 2 heteroatoms. The molecule has 0 N–H and O–H groups in total. The van der Waals surface area contributed by atoms with Gasteiger partial charge in [0, 0.05) is 27.7 Å². The minimum absolute atomic E-state index is 0.114. The summed E-state index contributed by atoms with van der Waals surface area (Å²) in [6.07, 6.45) is 0.930. The van der Waals surface area contributed by atoms with Crippen molar-refractivity contribution in [2.24, 2.45) is 0 Å². The number of fused-ring (bicyclic) bond motifs is 6. The van der Waals surface area contributed by atoms with Gasteiger partial charge in [0.15, 0.2) is 0 Å². The molecular weight excluding hydrogens is 593 g/mol. The zero-order valence-electron chi connectivity index (χ0n) is 28.0. The van der Waals surface area contributed by atoms with Gasteiger partial charge in [-0.2, -0.15) is 0 Å². The second kappa shape index (κ2) is 10.1. The summed E-state index contributed by atoms with van der Waals surface area (Å²) in [5, 5.41) is 2.51. The molecule has 49 heavy (non-hydrogen) atoms. The van der Waals surface area contributed by atoms with Gasteiger partial charge in [0.25, 0.3) is 0 Å². The van der Waals surface area contributed by atoms with E-state index in [0.717, 1.165) is 29.1 Å². The topological polar surface area (TPSA) is 16.1 Å². The third-order valence-electron chi connectivity index (χ3n) is 11.4. The van der Waals surface area contributed by atoms with Crippen LogP contribution in [0, 0.1) is 0 Å². The van der Waals surface area contributed by atoms with Crippen molar-refractivity contribution in [3.05, 3.63) is 191 Å². The van der Waals surface area contributed by atoms with Crippen molar-refractivity contribution in [1.82, 2.24) is 4.98 Å². The van der Waals surface area contributed by atoms with E-state index in [1.807, 2.05) is 0 Å². The molecule has 3 aliphatic rings. The summed E-state index contributed by atoms with van der Waals surface area (Å²) < 4.78 is 0. The predicted octanol–water partition coefficient (Wildman–Crippen LogP) is 11.6.